The number of halogens is 15. The molecule has 0 unspecified atom stereocenters. The van der Waals surface area contributed by atoms with Crippen molar-refractivity contribution in [1.82, 2.24) is 4.98 Å². The van der Waals surface area contributed by atoms with Gasteiger partial charge in [-0.1, -0.05) is 0 Å². The lowest BCUT2D eigenvalue weighted by molar-refractivity contribution is 0.247. The molecule has 1 aromatic heterocycles. The van der Waals surface area contributed by atoms with E-state index in [1.54, 1.807) is 0 Å². The fourth-order valence-corrected chi connectivity index (χ4v) is 2.70. The molecule has 0 saturated carbocycles. The molecule has 42 heavy (non-hydrogen) atoms. The summed E-state index contributed by atoms with van der Waals surface area (Å²) in [5, 5.41) is 0. The van der Waals surface area contributed by atoms with Crippen LogP contribution in [0.2, 0.25) is 0 Å². The standard InChI is InChI=1S/C18BF15O3.C4H5N/c20-1-4(23)10(29)16(11(30)5(1)24)35-19(36-17-12(31)6(25)2(21)7(26)13(17)32)37-18-14(33)8(27)3(22)9(28)15(18)34;1-2-4-5-3-1/h;1-5H. The third kappa shape index (κ3) is 5.86. The van der Waals surface area contributed by atoms with Gasteiger partial charge in [-0.15, -0.1) is 0 Å². The topological polar surface area (TPSA) is 43.5 Å². The molecule has 3 aromatic carbocycles. The highest BCUT2D eigenvalue weighted by atomic mass is 19.2. The maximum atomic E-state index is 13.9. The molecule has 0 spiro atoms. The molecule has 0 saturated heterocycles. The SMILES string of the molecule is Fc1c(F)c(F)c(OB(Oc2c(F)c(F)c(F)c(F)c2F)Oc2c(F)c(F)c(F)c(F)c2F)c(F)c1F.c1cc[nH]c1. The highest BCUT2D eigenvalue weighted by molar-refractivity contribution is 6.39. The Kier molecular flexibility index (Phi) is 9.47. The number of H-pyrrole nitrogens is 1. The fraction of sp³-hybridized carbons (Fsp3) is 0. The Labute approximate surface area is 222 Å². The Morgan fingerprint density at radius 3 is 0.690 bits per heavy atom. The Balaban J connectivity index is 0.000000873. The van der Waals surface area contributed by atoms with E-state index in [-0.39, 0.29) is 0 Å². The van der Waals surface area contributed by atoms with Crippen LogP contribution in [0.15, 0.2) is 24.5 Å². The Bertz CT molecular complexity index is 1360. The van der Waals surface area contributed by atoms with Crippen LogP contribution in [0, 0.1) is 87.3 Å². The minimum atomic E-state index is -3.75. The zero-order valence-electron chi connectivity index (χ0n) is 19.3. The van der Waals surface area contributed by atoms with Crippen LogP contribution >= 0.6 is 0 Å². The predicted octanol–water partition coefficient (Wildman–Crippen LogP) is 7.31. The van der Waals surface area contributed by atoms with Crippen molar-refractivity contribution in [2.45, 2.75) is 0 Å². The van der Waals surface area contributed by atoms with Gasteiger partial charge >= 0.3 is 7.32 Å². The van der Waals surface area contributed by atoms with Gasteiger partial charge in [0.2, 0.25) is 87.3 Å². The number of hydrogen-bond donors (Lipinski definition) is 1. The minimum Gasteiger partial charge on any atom is -0.484 e. The number of benzene rings is 3. The van der Waals surface area contributed by atoms with Crippen LogP contribution in [0.1, 0.15) is 0 Å². The van der Waals surface area contributed by atoms with E-state index < -0.39 is 112 Å². The summed E-state index contributed by atoms with van der Waals surface area (Å²) in [6.07, 6.45) is 3.75. The van der Waals surface area contributed by atoms with Gasteiger partial charge in [0.1, 0.15) is 0 Å². The smallest absolute Gasteiger partial charge is 0.484 e. The molecule has 0 radical (unpaired) electrons. The summed E-state index contributed by atoms with van der Waals surface area (Å²) in [5.74, 6) is -50.0. The number of aromatic amines is 1. The van der Waals surface area contributed by atoms with Gasteiger partial charge in [-0.3, -0.25) is 0 Å². The summed E-state index contributed by atoms with van der Waals surface area (Å²) in [7, 11) is -3.75. The average molecular weight is 627 g/mol. The van der Waals surface area contributed by atoms with E-state index in [2.05, 4.69) is 18.9 Å². The number of rotatable bonds is 6. The van der Waals surface area contributed by atoms with Gasteiger partial charge < -0.3 is 18.9 Å². The molecule has 0 aliphatic carbocycles. The molecule has 0 aliphatic heterocycles. The zero-order chi connectivity index (χ0) is 31.6. The van der Waals surface area contributed by atoms with Gasteiger partial charge in [-0.05, 0) is 12.1 Å². The summed E-state index contributed by atoms with van der Waals surface area (Å²) < 4.78 is 216. The van der Waals surface area contributed by atoms with Crippen LogP contribution in [0.5, 0.6) is 17.2 Å². The third-order valence-electron chi connectivity index (χ3n) is 4.65. The van der Waals surface area contributed by atoms with Gasteiger partial charge in [0.15, 0.2) is 17.2 Å². The van der Waals surface area contributed by atoms with E-state index in [0.29, 0.717) is 0 Å². The van der Waals surface area contributed by atoms with Crippen LogP contribution in [-0.4, -0.2) is 12.3 Å². The van der Waals surface area contributed by atoms with Gasteiger partial charge in [0.25, 0.3) is 0 Å². The van der Waals surface area contributed by atoms with Crippen LogP contribution < -0.4 is 14.0 Å². The lowest BCUT2D eigenvalue weighted by atomic mass is 10.1. The Morgan fingerprint density at radius 2 is 0.524 bits per heavy atom. The number of hydrogen-bond acceptors (Lipinski definition) is 3. The van der Waals surface area contributed by atoms with Crippen molar-refractivity contribution >= 4 is 7.32 Å². The third-order valence-corrected chi connectivity index (χ3v) is 4.65. The molecule has 0 fully saturated rings. The Morgan fingerprint density at radius 1 is 0.333 bits per heavy atom. The van der Waals surface area contributed by atoms with E-state index in [1.807, 2.05) is 24.5 Å². The van der Waals surface area contributed by atoms with Crippen LogP contribution in [0.4, 0.5) is 65.9 Å². The second-order valence-corrected chi connectivity index (χ2v) is 7.22. The van der Waals surface area contributed by atoms with Crippen molar-refractivity contribution in [3.8, 4) is 17.2 Å². The number of aromatic nitrogens is 1. The predicted molar refractivity (Wildman–Crippen MR) is 107 cm³/mol. The van der Waals surface area contributed by atoms with Crippen LogP contribution in [0.3, 0.4) is 0 Å². The second-order valence-electron chi connectivity index (χ2n) is 7.22. The van der Waals surface area contributed by atoms with E-state index in [0.717, 1.165) is 0 Å². The molecular formula is C22H5BF15NO3. The van der Waals surface area contributed by atoms with Gasteiger partial charge in [-0.25, -0.2) is 39.5 Å². The molecule has 0 bridgehead atoms. The average Bonchev–Trinajstić information content (AvgIpc) is 3.57. The van der Waals surface area contributed by atoms with Crippen molar-refractivity contribution in [3.63, 3.8) is 0 Å². The van der Waals surface area contributed by atoms with Crippen molar-refractivity contribution in [2.75, 3.05) is 0 Å². The Hall–Kier alpha value is -4.65. The first-order valence-electron chi connectivity index (χ1n) is 10.2. The lowest BCUT2D eigenvalue weighted by Crippen LogP contribution is -2.39. The maximum absolute atomic E-state index is 13.9. The van der Waals surface area contributed by atoms with Gasteiger partial charge in [-0.2, -0.15) is 26.3 Å². The summed E-state index contributed by atoms with van der Waals surface area (Å²) >= 11 is 0. The molecular weight excluding hydrogens is 622 g/mol. The van der Waals surface area contributed by atoms with Crippen LogP contribution in [0.25, 0.3) is 0 Å². The minimum absolute atomic E-state index is 1.88. The molecule has 4 nitrogen and oxygen atoms in total. The van der Waals surface area contributed by atoms with E-state index in [9.17, 15) is 65.9 Å². The maximum Gasteiger partial charge on any atom is 0.864 e. The largest absolute Gasteiger partial charge is 0.864 e. The first-order chi connectivity index (χ1) is 19.6. The van der Waals surface area contributed by atoms with E-state index in [1.165, 1.54) is 0 Å². The second kappa shape index (κ2) is 12.5. The van der Waals surface area contributed by atoms with Gasteiger partial charge in [0, 0.05) is 12.4 Å². The molecule has 0 aliphatic rings. The molecule has 4 aromatic rings. The van der Waals surface area contributed by atoms with Crippen molar-refractivity contribution < 1.29 is 79.8 Å². The molecule has 0 atom stereocenters. The molecule has 1 N–H and O–H groups in total. The monoisotopic (exact) mass is 627 g/mol. The van der Waals surface area contributed by atoms with Crippen molar-refractivity contribution in [3.05, 3.63) is 112 Å². The lowest BCUT2D eigenvalue weighted by Gasteiger charge is -2.19. The summed E-state index contributed by atoms with van der Waals surface area (Å²) in [5.41, 5.74) is 0. The first-order valence-corrected chi connectivity index (χ1v) is 10.2. The molecule has 4 rings (SSSR count). The molecule has 0 amide bonds. The molecule has 20 heteroatoms. The number of nitrogens with one attached hydrogen (secondary N) is 1. The fourth-order valence-electron chi connectivity index (χ4n) is 2.70. The van der Waals surface area contributed by atoms with Crippen molar-refractivity contribution in [1.29, 1.82) is 0 Å². The quantitative estimate of drug-likeness (QED) is 0.106. The van der Waals surface area contributed by atoms with Crippen molar-refractivity contribution in [2.24, 2.45) is 0 Å². The summed E-state index contributed by atoms with van der Waals surface area (Å²) in [6.45, 7) is 0. The summed E-state index contributed by atoms with van der Waals surface area (Å²) in [6, 6.07) is 3.89. The zero-order valence-corrected chi connectivity index (χ0v) is 19.3. The van der Waals surface area contributed by atoms with E-state index >= 15 is 0 Å². The van der Waals surface area contributed by atoms with Crippen LogP contribution in [-0.2, 0) is 0 Å². The molecule has 1 heterocycles. The molecule has 224 valence electrons. The summed E-state index contributed by atoms with van der Waals surface area (Å²) in [4.78, 5) is 2.86. The highest BCUT2D eigenvalue weighted by Crippen LogP contribution is 2.35. The van der Waals surface area contributed by atoms with Gasteiger partial charge in [0.05, 0.1) is 0 Å². The first kappa shape index (κ1) is 31.9. The van der Waals surface area contributed by atoms with E-state index in [4.69, 9.17) is 0 Å². The highest BCUT2D eigenvalue weighted by Gasteiger charge is 2.42. The normalized spacial score (nSPS) is 10.7.